The molecular weight excluding hydrogens is 520 g/mol. The number of aromatic nitrogens is 3. The van der Waals surface area contributed by atoms with Crippen LogP contribution >= 0.6 is 0 Å². The van der Waals surface area contributed by atoms with E-state index in [0.29, 0.717) is 12.1 Å². The van der Waals surface area contributed by atoms with Gasteiger partial charge in [-0.3, -0.25) is 19.3 Å². The Balaban J connectivity index is 1.64. The highest BCUT2D eigenvalue weighted by Gasteiger charge is 2.46. The standard InChI is InChI=1S/C25H25F2N5O5S/c1-3-38(35,36)12-19(33)29-22-21(17-6-5-14(2)11-28-17)31-32-13-25(30-24(34)23(22)32)7-4-8-37-18-10-15(26)9-16(27)20(18)25/h5-6,9-11H,3-4,7-8,12-13H2,1-2H3,(H,29,33)(H,30,34)/t25-/m0/s1. The second-order valence-corrected chi connectivity index (χ2v) is 11.8. The van der Waals surface area contributed by atoms with Crippen molar-refractivity contribution in [3.8, 4) is 17.1 Å². The fourth-order valence-corrected chi connectivity index (χ4v) is 5.53. The van der Waals surface area contributed by atoms with Gasteiger partial charge in [-0.2, -0.15) is 5.10 Å². The summed E-state index contributed by atoms with van der Waals surface area (Å²) in [6, 6.07) is 5.25. The fraction of sp³-hybridized carbons (Fsp3) is 0.360. The number of amides is 2. The van der Waals surface area contributed by atoms with E-state index >= 15 is 4.39 Å². The molecule has 0 bridgehead atoms. The second kappa shape index (κ2) is 9.46. The van der Waals surface area contributed by atoms with Crippen molar-refractivity contribution in [2.45, 2.75) is 38.8 Å². The first-order valence-corrected chi connectivity index (χ1v) is 13.8. The molecule has 0 fully saturated rings. The first-order valence-electron chi connectivity index (χ1n) is 12.0. The van der Waals surface area contributed by atoms with Gasteiger partial charge in [0.2, 0.25) is 5.91 Å². The molecule has 2 aliphatic heterocycles. The van der Waals surface area contributed by atoms with Gasteiger partial charge in [-0.25, -0.2) is 17.2 Å². The molecule has 1 spiro atoms. The molecule has 3 aromatic rings. The fourth-order valence-electron chi connectivity index (χ4n) is 4.85. The van der Waals surface area contributed by atoms with Gasteiger partial charge in [-0.1, -0.05) is 13.0 Å². The van der Waals surface area contributed by atoms with Crippen LogP contribution in [-0.2, 0) is 26.7 Å². The number of hydrogen-bond donors (Lipinski definition) is 2. The van der Waals surface area contributed by atoms with Crippen molar-refractivity contribution in [1.82, 2.24) is 20.1 Å². The van der Waals surface area contributed by atoms with Crippen molar-refractivity contribution in [2.24, 2.45) is 0 Å². The largest absolute Gasteiger partial charge is 0.493 e. The minimum absolute atomic E-state index is 0.00493. The molecule has 0 saturated carbocycles. The lowest BCUT2D eigenvalue weighted by atomic mass is 9.83. The Morgan fingerprint density at radius 3 is 2.79 bits per heavy atom. The SMILES string of the molecule is CCS(=O)(=O)CC(=O)Nc1c(-c2ccc(C)cn2)nn2c1C(=O)N[C@@]1(CCCOc3cc(F)cc(F)c31)C2. The molecule has 200 valence electrons. The van der Waals surface area contributed by atoms with Crippen LogP contribution in [0, 0.1) is 18.6 Å². The van der Waals surface area contributed by atoms with Gasteiger partial charge in [-0.05, 0) is 31.4 Å². The summed E-state index contributed by atoms with van der Waals surface area (Å²) >= 11 is 0. The summed E-state index contributed by atoms with van der Waals surface area (Å²) in [7, 11) is -3.65. The maximum absolute atomic E-state index is 15.2. The monoisotopic (exact) mass is 545 g/mol. The number of fused-ring (bicyclic) bond motifs is 3. The number of pyridine rings is 1. The quantitative estimate of drug-likeness (QED) is 0.504. The molecule has 2 aromatic heterocycles. The third kappa shape index (κ3) is 4.62. The Morgan fingerprint density at radius 2 is 2.08 bits per heavy atom. The molecule has 1 aromatic carbocycles. The number of aryl methyl sites for hydroxylation is 1. The van der Waals surface area contributed by atoms with Crippen LogP contribution in [0.3, 0.4) is 0 Å². The van der Waals surface area contributed by atoms with Crippen molar-refractivity contribution in [3.63, 3.8) is 0 Å². The number of carbonyl (C=O) groups excluding carboxylic acids is 2. The molecular formula is C25H25F2N5O5S. The molecule has 0 aliphatic carbocycles. The van der Waals surface area contributed by atoms with Crippen molar-refractivity contribution in [1.29, 1.82) is 0 Å². The van der Waals surface area contributed by atoms with Gasteiger partial charge < -0.3 is 15.4 Å². The highest BCUT2D eigenvalue weighted by Crippen LogP contribution is 2.43. The number of carbonyl (C=O) groups is 2. The van der Waals surface area contributed by atoms with Gasteiger partial charge in [0.1, 0.15) is 34.5 Å². The molecule has 10 nitrogen and oxygen atoms in total. The topological polar surface area (TPSA) is 132 Å². The van der Waals surface area contributed by atoms with Crippen LogP contribution in [0.4, 0.5) is 14.5 Å². The molecule has 5 rings (SSSR count). The Labute approximate surface area is 217 Å². The lowest BCUT2D eigenvalue weighted by Crippen LogP contribution is -2.54. The number of sulfone groups is 1. The van der Waals surface area contributed by atoms with Crippen LogP contribution in [0.25, 0.3) is 11.4 Å². The zero-order valence-electron chi connectivity index (χ0n) is 20.7. The highest BCUT2D eigenvalue weighted by atomic mass is 32.2. The maximum Gasteiger partial charge on any atom is 0.272 e. The Kier molecular flexibility index (Phi) is 6.41. The van der Waals surface area contributed by atoms with Crippen molar-refractivity contribution in [2.75, 3.05) is 23.4 Å². The summed E-state index contributed by atoms with van der Waals surface area (Å²) in [5.41, 5.74) is 0.0290. The van der Waals surface area contributed by atoms with Crippen molar-refractivity contribution >= 4 is 27.3 Å². The number of halogens is 2. The molecule has 2 aliphatic rings. The molecule has 2 amide bonds. The van der Waals surface area contributed by atoms with E-state index in [1.54, 1.807) is 18.3 Å². The Bertz CT molecular complexity index is 1560. The molecule has 0 unspecified atom stereocenters. The summed E-state index contributed by atoms with van der Waals surface area (Å²) in [6.45, 7) is 3.42. The van der Waals surface area contributed by atoms with E-state index in [1.807, 2.05) is 6.92 Å². The van der Waals surface area contributed by atoms with Crippen LogP contribution < -0.4 is 15.4 Å². The number of anilines is 1. The van der Waals surface area contributed by atoms with Crippen LogP contribution in [0.5, 0.6) is 5.75 Å². The van der Waals surface area contributed by atoms with Crippen molar-refractivity contribution < 1.29 is 31.5 Å². The molecule has 0 saturated heterocycles. The third-order valence-corrected chi connectivity index (χ3v) is 8.23. The third-order valence-electron chi connectivity index (χ3n) is 6.65. The number of rotatable bonds is 5. The molecule has 1 atom stereocenters. The smallest absolute Gasteiger partial charge is 0.272 e. The van der Waals surface area contributed by atoms with E-state index in [1.165, 1.54) is 11.6 Å². The molecule has 38 heavy (non-hydrogen) atoms. The number of ether oxygens (including phenoxy) is 1. The number of nitrogens with one attached hydrogen (secondary N) is 2. The summed E-state index contributed by atoms with van der Waals surface area (Å²) in [6.07, 6.45) is 2.31. The van der Waals surface area contributed by atoms with Gasteiger partial charge >= 0.3 is 0 Å². The number of nitrogens with zero attached hydrogens (tertiary/aromatic N) is 3. The van der Waals surface area contributed by atoms with Gasteiger partial charge in [0, 0.05) is 24.1 Å². The van der Waals surface area contributed by atoms with E-state index < -0.39 is 44.6 Å². The normalized spacial score (nSPS) is 18.7. The van der Waals surface area contributed by atoms with Gasteiger partial charge in [0.15, 0.2) is 15.5 Å². The van der Waals surface area contributed by atoms with Crippen LogP contribution in [-0.4, -0.2) is 53.1 Å². The molecule has 13 heteroatoms. The van der Waals surface area contributed by atoms with E-state index in [9.17, 15) is 22.4 Å². The van der Waals surface area contributed by atoms with Crippen LogP contribution in [0.2, 0.25) is 0 Å². The second-order valence-electron chi connectivity index (χ2n) is 9.42. The first kappa shape index (κ1) is 25.8. The van der Waals surface area contributed by atoms with Crippen LogP contribution in [0.1, 0.15) is 41.4 Å². The Morgan fingerprint density at radius 1 is 1.29 bits per heavy atom. The molecule has 4 heterocycles. The zero-order valence-corrected chi connectivity index (χ0v) is 21.5. The van der Waals surface area contributed by atoms with E-state index in [-0.39, 0.29) is 53.7 Å². The minimum Gasteiger partial charge on any atom is -0.493 e. The molecule has 2 N–H and O–H groups in total. The average Bonchev–Trinajstić information content (AvgIpc) is 3.09. The van der Waals surface area contributed by atoms with E-state index in [0.717, 1.165) is 17.7 Å². The summed E-state index contributed by atoms with van der Waals surface area (Å²) in [5.74, 6) is -4.19. The Hall–Kier alpha value is -3.87. The predicted molar refractivity (Wildman–Crippen MR) is 133 cm³/mol. The number of benzene rings is 1. The summed E-state index contributed by atoms with van der Waals surface area (Å²) < 4.78 is 60.2. The van der Waals surface area contributed by atoms with Gasteiger partial charge in [-0.15, -0.1) is 0 Å². The summed E-state index contributed by atoms with van der Waals surface area (Å²) in [5, 5.41) is 9.97. The van der Waals surface area contributed by atoms with Crippen LogP contribution in [0.15, 0.2) is 30.5 Å². The lowest BCUT2D eigenvalue weighted by Gasteiger charge is -2.38. The number of hydrogen-bond acceptors (Lipinski definition) is 7. The zero-order chi connectivity index (χ0) is 27.2. The maximum atomic E-state index is 15.2. The van der Waals surface area contributed by atoms with E-state index in [2.05, 4.69) is 20.7 Å². The predicted octanol–water partition coefficient (Wildman–Crippen LogP) is 2.72. The molecule has 0 radical (unpaired) electrons. The lowest BCUT2D eigenvalue weighted by molar-refractivity contribution is -0.113. The van der Waals surface area contributed by atoms with Crippen molar-refractivity contribution in [3.05, 3.63) is 58.9 Å². The van der Waals surface area contributed by atoms with Gasteiger partial charge in [0.05, 0.1) is 29.9 Å². The summed E-state index contributed by atoms with van der Waals surface area (Å²) in [4.78, 5) is 30.7. The average molecular weight is 546 g/mol. The highest BCUT2D eigenvalue weighted by molar-refractivity contribution is 7.92. The van der Waals surface area contributed by atoms with Gasteiger partial charge in [0.25, 0.3) is 5.91 Å². The van der Waals surface area contributed by atoms with E-state index in [4.69, 9.17) is 4.74 Å². The minimum atomic E-state index is -3.65. The first-order chi connectivity index (χ1) is 18.0.